The van der Waals surface area contributed by atoms with E-state index in [2.05, 4.69) is 6.58 Å². The zero-order valence-corrected chi connectivity index (χ0v) is 10.3. The molecule has 0 fully saturated rings. The van der Waals surface area contributed by atoms with E-state index >= 15 is 0 Å². The van der Waals surface area contributed by atoms with Gasteiger partial charge in [0.25, 0.3) is 10.1 Å². The second-order valence-corrected chi connectivity index (χ2v) is 5.12. The molecule has 1 aromatic rings. The molecule has 1 unspecified atom stereocenters. The van der Waals surface area contributed by atoms with Gasteiger partial charge in [0.2, 0.25) is 0 Å². The predicted molar refractivity (Wildman–Crippen MR) is 63.7 cm³/mol. The van der Waals surface area contributed by atoms with Crippen LogP contribution in [0.5, 0.6) is 0 Å². The van der Waals surface area contributed by atoms with Gasteiger partial charge in [-0.15, -0.1) is 6.58 Å². The quantitative estimate of drug-likeness (QED) is 0.587. The van der Waals surface area contributed by atoms with Crippen molar-refractivity contribution < 1.29 is 12.6 Å². The summed E-state index contributed by atoms with van der Waals surface area (Å²) in [4.78, 5) is 0.179. The molecule has 88 valence electrons. The standard InChI is InChI=1S/C12H16O3S/c1-4-11(5-2)15-16(13,14)12-8-6-10(3)7-9-12/h4,6-9,11H,1,5H2,2-3H3. The van der Waals surface area contributed by atoms with Gasteiger partial charge in [0.15, 0.2) is 0 Å². The van der Waals surface area contributed by atoms with Crippen LogP contribution in [0, 0.1) is 6.92 Å². The number of rotatable bonds is 5. The van der Waals surface area contributed by atoms with Gasteiger partial charge in [-0.1, -0.05) is 30.7 Å². The predicted octanol–water partition coefficient (Wildman–Crippen LogP) is 2.66. The summed E-state index contributed by atoms with van der Waals surface area (Å²) in [5.74, 6) is 0. The molecule has 0 amide bonds. The summed E-state index contributed by atoms with van der Waals surface area (Å²) in [6.07, 6.45) is 1.60. The molecule has 1 aromatic carbocycles. The van der Waals surface area contributed by atoms with Crippen LogP contribution in [0.3, 0.4) is 0 Å². The summed E-state index contributed by atoms with van der Waals surface area (Å²) < 4.78 is 28.6. The van der Waals surface area contributed by atoms with E-state index in [4.69, 9.17) is 4.18 Å². The SMILES string of the molecule is C=CC(CC)OS(=O)(=O)c1ccc(C)cc1. The lowest BCUT2D eigenvalue weighted by Crippen LogP contribution is -2.15. The molecule has 0 aliphatic rings. The molecule has 0 saturated carbocycles. The molecule has 0 aliphatic heterocycles. The largest absolute Gasteiger partial charge is 0.297 e. The second-order valence-electron chi connectivity index (χ2n) is 3.55. The van der Waals surface area contributed by atoms with E-state index < -0.39 is 16.2 Å². The molecule has 0 heterocycles. The molecule has 0 spiro atoms. The molecule has 0 aliphatic carbocycles. The van der Waals surface area contributed by atoms with Gasteiger partial charge in [0, 0.05) is 0 Å². The first-order chi connectivity index (χ1) is 7.49. The first kappa shape index (κ1) is 12.9. The minimum absolute atomic E-state index is 0.179. The lowest BCUT2D eigenvalue weighted by molar-refractivity contribution is 0.251. The first-order valence-corrected chi connectivity index (χ1v) is 6.53. The fourth-order valence-electron chi connectivity index (χ4n) is 1.20. The third-order valence-corrected chi connectivity index (χ3v) is 3.58. The fraction of sp³-hybridized carbons (Fsp3) is 0.333. The zero-order chi connectivity index (χ0) is 12.2. The van der Waals surface area contributed by atoms with Gasteiger partial charge >= 0.3 is 0 Å². The molecular formula is C12H16O3S. The molecule has 0 saturated heterocycles. The topological polar surface area (TPSA) is 43.4 Å². The molecule has 0 radical (unpaired) electrons. The Hall–Kier alpha value is -1.13. The average molecular weight is 240 g/mol. The minimum atomic E-state index is -3.67. The van der Waals surface area contributed by atoms with Crippen molar-refractivity contribution in [1.29, 1.82) is 0 Å². The Kier molecular flexibility index (Phi) is 4.26. The third kappa shape index (κ3) is 3.18. The van der Waals surface area contributed by atoms with Crippen LogP contribution in [0.2, 0.25) is 0 Å². The Morgan fingerprint density at radius 2 is 1.94 bits per heavy atom. The average Bonchev–Trinajstić information content (AvgIpc) is 2.26. The fourth-order valence-corrected chi connectivity index (χ4v) is 2.32. The third-order valence-electron chi connectivity index (χ3n) is 2.23. The van der Waals surface area contributed by atoms with Crippen molar-refractivity contribution in [3.05, 3.63) is 42.5 Å². The van der Waals surface area contributed by atoms with Crippen molar-refractivity contribution in [3.63, 3.8) is 0 Å². The number of hydrogen-bond donors (Lipinski definition) is 0. The van der Waals surface area contributed by atoms with Crippen molar-refractivity contribution >= 4 is 10.1 Å². The van der Waals surface area contributed by atoms with E-state index in [1.165, 1.54) is 6.08 Å². The highest BCUT2D eigenvalue weighted by molar-refractivity contribution is 7.86. The van der Waals surface area contributed by atoms with Crippen LogP contribution in [-0.4, -0.2) is 14.5 Å². The summed E-state index contributed by atoms with van der Waals surface area (Å²) in [6.45, 7) is 7.28. The van der Waals surface area contributed by atoms with Crippen LogP contribution in [0.1, 0.15) is 18.9 Å². The highest BCUT2D eigenvalue weighted by Crippen LogP contribution is 2.16. The van der Waals surface area contributed by atoms with Gasteiger partial charge in [-0.2, -0.15) is 8.42 Å². The van der Waals surface area contributed by atoms with E-state index in [9.17, 15) is 8.42 Å². The minimum Gasteiger partial charge on any atom is -0.259 e. The van der Waals surface area contributed by atoms with Crippen LogP contribution in [-0.2, 0) is 14.3 Å². The molecule has 16 heavy (non-hydrogen) atoms. The Morgan fingerprint density at radius 3 is 2.38 bits per heavy atom. The van der Waals surface area contributed by atoms with E-state index in [0.717, 1.165) is 5.56 Å². The normalized spacial score (nSPS) is 13.4. The summed E-state index contributed by atoms with van der Waals surface area (Å²) in [5.41, 5.74) is 1.01. The molecule has 1 atom stereocenters. The molecule has 0 bridgehead atoms. The van der Waals surface area contributed by atoms with Crippen LogP contribution >= 0.6 is 0 Å². The van der Waals surface area contributed by atoms with E-state index in [1.807, 2.05) is 13.8 Å². The Labute approximate surface area is 96.9 Å². The Balaban J connectivity index is 2.94. The van der Waals surface area contributed by atoms with Crippen LogP contribution in [0.4, 0.5) is 0 Å². The highest BCUT2D eigenvalue weighted by Gasteiger charge is 2.18. The first-order valence-electron chi connectivity index (χ1n) is 5.12. The molecule has 3 nitrogen and oxygen atoms in total. The molecular weight excluding hydrogens is 224 g/mol. The monoisotopic (exact) mass is 240 g/mol. The number of hydrogen-bond acceptors (Lipinski definition) is 3. The highest BCUT2D eigenvalue weighted by atomic mass is 32.2. The zero-order valence-electron chi connectivity index (χ0n) is 9.51. The lowest BCUT2D eigenvalue weighted by Gasteiger charge is -2.11. The van der Waals surface area contributed by atoms with E-state index in [1.54, 1.807) is 24.3 Å². The van der Waals surface area contributed by atoms with Gasteiger partial charge in [-0.25, -0.2) is 0 Å². The lowest BCUT2D eigenvalue weighted by atomic mass is 10.2. The van der Waals surface area contributed by atoms with Gasteiger partial charge in [0.05, 0.1) is 11.0 Å². The molecule has 0 N–H and O–H groups in total. The number of aryl methyl sites for hydroxylation is 1. The smallest absolute Gasteiger partial charge is 0.259 e. The Bertz CT molecular complexity index is 446. The van der Waals surface area contributed by atoms with Gasteiger partial charge < -0.3 is 0 Å². The van der Waals surface area contributed by atoms with Crippen molar-refractivity contribution in [1.82, 2.24) is 0 Å². The van der Waals surface area contributed by atoms with Crippen LogP contribution in [0.25, 0.3) is 0 Å². The van der Waals surface area contributed by atoms with Crippen molar-refractivity contribution in [2.75, 3.05) is 0 Å². The van der Waals surface area contributed by atoms with Crippen molar-refractivity contribution in [2.24, 2.45) is 0 Å². The maximum absolute atomic E-state index is 11.8. The molecule has 0 aromatic heterocycles. The van der Waals surface area contributed by atoms with Crippen LogP contribution < -0.4 is 0 Å². The van der Waals surface area contributed by atoms with Gasteiger partial charge in [-0.3, -0.25) is 4.18 Å². The molecule has 4 heteroatoms. The summed E-state index contributed by atoms with van der Waals surface area (Å²) in [5, 5.41) is 0. The Morgan fingerprint density at radius 1 is 1.38 bits per heavy atom. The molecule has 1 rings (SSSR count). The van der Waals surface area contributed by atoms with E-state index in [0.29, 0.717) is 6.42 Å². The maximum Gasteiger partial charge on any atom is 0.297 e. The summed E-state index contributed by atoms with van der Waals surface area (Å²) >= 11 is 0. The summed E-state index contributed by atoms with van der Waals surface area (Å²) in [6, 6.07) is 6.57. The van der Waals surface area contributed by atoms with Crippen molar-refractivity contribution in [2.45, 2.75) is 31.3 Å². The summed E-state index contributed by atoms with van der Waals surface area (Å²) in [7, 11) is -3.67. The van der Waals surface area contributed by atoms with Gasteiger partial charge in [0.1, 0.15) is 0 Å². The van der Waals surface area contributed by atoms with Crippen LogP contribution in [0.15, 0.2) is 41.8 Å². The number of benzene rings is 1. The van der Waals surface area contributed by atoms with Gasteiger partial charge in [-0.05, 0) is 25.5 Å². The van der Waals surface area contributed by atoms with Crippen molar-refractivity contribution in [3.8, 4) is 0 Å². The second kappa shape index (κ2) is 5.27. The van der Waals surface area contributed by atoms with E-state index in [-0.39, 0.29) is 4.90 Å². The maximum atomic E-state index is 11.8.